The second-order valence-corrected chi connectivity index (χ2v) is 9.19. The molecule has 4 atom stereocenters. The summed E-state index contributed by atoms with van der Waals surface area (Å²) < 4.78 is 1.51. The molecule has 0 nitrogen and oxygen atoms in total. The molecule has 4 unspecified atom stereocenters. The Hall–Kier alpha value is 0.293. The predicted molar refractivity (Wildman–Crippen MR) is 92.9 cm³/mol. The third-order valence-corrected chi connectivity index (χ3v) is 4.65. The zero-order valence-corrected chi connectivity index (χ0v) is 18.7. The number of hydrogen-bond acceptors (Lipinski definition) is 0. The van der Waals surface area contributed by atoms with Crippen LogP contribution in [0.4, 0.5) is 0 Å². The Morgan fingerprint density at radius 1 is 1.04 bits per heavy atom. The standard InChI is InChI=1S/C13H17.C5H5.C3H6.2ClH.Zr/c1-3-7-12-10(5-1)9-11-6-2-4-8-13(11)12;1-2-4-5-3-1;1-3-2;;;/h1,3,5,7,9-13H,2,4,6,8H2;1-3H,4H2;1-2H3;2*1H;/q2*-1;;;;+2/p-2. The first-order valence-corrected chi connectivity index (χ1v) is 9.85. The van der Waals surface area contributed by atoms with E-state index >= 15 is 0 Å². The average Bonchev–Trinajstić information content (AvgIpc) is 3.18. The first-order valence-electron chi connectivity index (χ1n) is 8.62. The van der Waals surface area contributed by atoms with Gasteiger partial charge in [-0.05, 0) is 5.92 Å². The van der Waals surface area contributed by atoms with Crippen LogP contribution >= 0.6 is 0 Å². The van der Waals surface area contributed by atoms with Gasteiger partial charge in [0.05, 0.1) is 0 Å². The van der Waals surface area contributed by atoms with Crippen LogP contribution in [-0.4, -0.2) is 3.21 Å². The van der Waals surface area contributed by atoms with Gasteiger partial charge in [0.1, 0.15) is 0 Å². The van der Waals surface area contributed by atoms with E-state index in [0.29, 0.717) is 0 Å². The van der Waals surface area contributed by atoms with Crippen LogP contribution < -0.4 is 24.8 Å². The maximum Gasteiger partial charge on any atom is -0.109 e. The van der Waals surface area contributed by atoms with Gasteiger partial charge in [-0.3, -0.25) is 6.08 Å². The molecule has 0 radical (unpaired) electrons. The summed E-state index contributed by atoms with van der Waals surface area (Å²) in [4.78, 5) is 0. The van der Waals surface area contributed by atoms with Crippen molar-refractivity contribution in [1.29, 1.82) is 0 Å². The second-order valence-electron chi connectivity index (χ2n) is 6.73. The molecule has 3 heteroatoms. The van der Waals surface area contributed by atoms with Crippen LogP contribution in [0.5, 0.6) is 0 Å². The summed E-state index contributed by atoms with van der Waals surface area (Å²) in [6, 6.07) is 0. The van der Waals surface area contributed by atoms with Crippen molar-refractivity contribution in [2.45, 2.75) is 46.0 Å². The second kappa shape index (κ2) is 13.5. The van der Waals surface area contributed by atoms with E-state index in [1.807, 2.05) is 12.2 Å². The number of halogens is 2. The summed E-state index contributed by atoms with van der Waals surface area (Å²) in [5.41, 5.74) is 0. The van der Waals surface area contributed by atoms with Crippen molar-refractivity contribution in [3.63, 3.8) is 0 Å². The Labute approximate surface area is 176 Å². The number of hydrogen-bond donors (Lipinski definition) is 0. The number of fused-ring (bicyclic) bond motifs is 3. The van der Waals surface area contributed by atoms with E-state index in [0.717, 1.165) is 30.1 Å². The quantitative estimate of drug-likeness (QED) is 0.441. The van der Waals surface area contributed by atoms with Gasteiger partial charge in [-0.1, -0.05) is 49.8 Å². The fourth-order valence-corrected chi connectivity index (χ4v) is 3.79. The molecule has 0 spiro atoms. The molecule has 2 saturated carbocycles. The van der Waals surface area contributed by atoms with Gasteiger partial charge in [0, 0.05) is 0 Å². The molecule has 0 aromatic carbocycles. The van der Waals surface area contributed by atoms with Crippen LogP contribution in [0.2, 0.25) is 0 Å². The van der Waals surface area contributed by atoms with Gasteiger partial charge in [-0.2, -0.15) is 12.0 Å². The van der Waals surface area contributed by atoms with Crippen LogP contribution in [0.3, 0.4) is 0 Å². The number of allylic oxidation sites excluding steroid dienone is 8. The van der Waals surface area contributed by atoms with Crippen molar-refractivity contribution in [3.8, 4) is 0 Å². The molecule has 24 heavy (non-hydrogen) atoms. The molecule has 4 aliphatic rings. The third-order valence-electron chi connectivity index (χ3n) is 4.65. The van der Waals surface area contributed by atoms with Gasteiger partial charge in [0.2, 0.25) is 0 Å². The minimum Gasteiger partial charge on any atom is -1.00 e. The Balaban J connectivity index is 0.000000409. The first-order chi connectivity index (χ1) is 10.7. The van der Waals surface area contributed by atoms with E-state index in [4.69, 9.17) is 0 Å². The summed E-state index contributed by atoms with van der Waals surface area (Å²) in [7, 11) is 0. The molecule has 4 aliphatic carbocycles. The maximum atomic E-state index is 2.99. The van der Waals surface area contributed by atoms with E-state index in [-0.39, 0.29) is 24.8 Å². The third kappa shape index (κ3) is 8.11. The molecule has 0 amide bonds. The molecule has 0 aliphatic heterocycles. The van der Waals surface area contributed by atoms with Gasteiger partial charge in [-0.15, -0.1) is 18.4 Å². The molecular weight excluding hydrogens is 414 g/mol. The smallest absolute Gasteiger partial charge is 0.109 e. The SMILES string of the molecule is C1=CC2[CH-]C3CCCCC3C2C=C1.C[C](C)=[Zr+2].[C-]1=CC=CC1.[Cl-].[Cl-]. The van der Waals surface area contributed by atoms with Gasteiger partial charge >= 0.3 is 41.3 Å². The maximum absolute atomic E-state index is 2.99. The van der Waals surface area contributed by atoms with Crippen LogP contribution in [0.15, 0.2) is 42.5 Å². The van der Waals surface area contributed by atoms with Crippen LogP contribution in [-0.2, 0) is 24.2 Å². The Bertz CT molecular complexity index is 462. The molecule has 0 aromatic heterocycles. The summed E-state index contributed by atoms with van der Waals surface area (Å²) in [6.07, 6.45) is 27.8. The van der Waals surface area contributed by atoms with Crippen molar-refractivity contribution in [3.05, 3.63) is 55.0 Å². The fraction of sp³-hybridized carbons (Fsp3) is 0.524. The van der Waals surface area contributed by atoms with E-state index in [1.165, 1.54) is 28.9 Å². The summed E-state index contributed by atoms with van der Waals surface area (Å²) in [5, 5.41) is 0. The van der Waals surface area contributed by atoms with Gasteiger partial charge in [0.25, 0.3) is 0 Å². The minimum atomic E-state index is 0. The summed E-state index contributed by atoms with van der Waals surface area (Å²) in [6.45, 7) is 4.25. The van der Waals surface area contributed by atoms with Gasteiger partial charge in [0.15, 0.2) is 0 Å². The van der Waals surface area contributed by atoms with Crippen LogP contribution in [0, 0.1) is 36.2 Å². The zero-order chi connectivity index (χ0) is 15.8. The van der Waals surface area contributed by atoms with Crippen molar-refractivity contribution < 1.29 is 49.0 Å². The topological polar surface area (TPSA) is 0 Å². The van der Waals surface area contributed by atoms with E-state index < -0.39 is 0 Å². The van der Waals surface area contributed by atoms with Crippen molar-refractivity contribution in [2.24, 2.45) is 23.7 Å². The van der Waals surface area contributed by atoms with Crippen molar-refractivity contribution in [1.82, 2.24) is 0 Å². The predicted octanol–water partition coefficient (Wildman–Crippen LogP) is -0.572. The van der Waals surface area contributed by atoms with E-state index in [9.17, 15) is 0 Å². The largest absolute Gasteiger partial charge is 1.00 e. The van der Waals surface area contributed by atoms with Crippen LogP contribution in [0.1, 0.15) is 46.0 Å². The molecule has 2 fully saturated rings. The summed E-state index contributed by atoms with van der Waals surface area (Å²) in [5.74, 6) is 3.56. The molecular formula is C21H28Cl2Zr-2. The monoisotopic (exact) mass is 440 g/mol. The zero-order valence-electron chi connectivity index (χ0n) is 14.7. The minimum absolute atomic E-state index is 0. The van der Waals surface area contributed by atoms with E-state index in [2.05, 4.69) is 56.7 Å². The molecule has 0 bridgehead atoms. The molecule has 132 valence electrons. The summed E-state index contributed by atoms with van der Waals surface area (Å²) >= 11 is 1.55. The Morgan fingerprint density at radius 3 is 2.29 bits per heavy atom. The molecule has 4 rings (SSSR count). The Kier molecular flexibility index (Phi) is 13.7. The molecule has 0 heterocycles. The normalized spacial score (nSPS) is 30.5. The average molecular weight is 443 g/mol. The van der Waals surface area contributed by atoms with Gasteiger partial charge in [-0.25, -0.2) is 12.2 Å². The number of rotatable bonds is 0. The van der Waals surface area contributed by atoms with Crippen molar-refractivity contribution >= 4 is 3.21 Å². The van der Waals surface area contributed by atoms with E-state index in [1.54, 1.807) is 24.2 Å². The fourth-order valence-electron chi connectivity index (χ4n) is 3.79. The van der Waals surface area contributed by atoms with Crippen LogP contribution in [0.25, 0.3) is 0 Å². The van der Waals surface area contributed by atoms with Gasteiger partial charge < -0.3 is 31.2 Å². The molecule has 0 N–H and O–H groups in total. The van der Waals surface area contributed by atoms with Crippen molar-refractivity contribution in [2.75, 3.05) is 0 Å². The molecule has 0 aromatic rings. The molecule has 0 saturated heterocycles. The first kappa shape index (κ1) is 24.3. The Morgan fingerprint density at radius 2 is 1.71 bits per heavy atom.